The third-order valence-corrected chi connectivity index (χ3v) is 3.25. The molecule has 1 N–H and O–H groups in total. The van der Waals surface area contributed by atoms with E-state index in [2.05, 4.69) is 16.4 Å². The van der Waals surface area contributed by atoms with Crippen molar-refractivity contribution in [1.82, 2.24) is 4.98 Å². The summed E-state index contributed by atoms with van der Waals surface area (Å²) in [7, 11) is 1.60. The minimum Gasteiger partial charge on any atom is -0.497 e. The average Bonchev–Trinajstić information content (AvgIpc) is 2.55. The zero-order chi connectivity index (χ0) is 14.7. The molecule has 0 saturated carbocycles. The first kappa shape index (κ1) is 12.9. The van der Waals surface area contributed by atoms with E-state index in [4.69, 9.17) is 4.74 Å². The molecule has 4 nitrogen and oxygen atoms in total. The molecule has 21 heavy (non-hydrogen) atoms. The molecule has 0 bridgehead atoms. The number of para-hydroxylation sites is 1. The number of rotatable bonds is 3. The summed E-state index contributed by atoms with van der Waals surface area (Å²) in [6, 6.07) is 17.3. The van der Waals surface area contributed by atoms with E-state index in [-0.39, 0.29) is 0 Å². The van der Waals surface area contributed by atoms with Gasteiger partial charge in [0.1, 0.15) is 11.8 Å². The SMILES string of the molecule is COc1ccc(C#N)c(Nc2cccc3cccnc23)c1. The van der Waals surface area contributed by atoms with Crippen LogP contribution in [0.4, 0.5) is 11.4 Å². The molecule has 3 aromatic rings. The van der Waals surface area contributed by atoms with Crippen LogP contribution in [-0.4, -0.2) is 12.1 Å². The number of benzene rings is 2. The van der Waals surface area contributed by atoms with Gasteiger partial charge in [-0.2, -0.15) is 5.26 Å². The highest BCUT2D eigenvalue weighted by atomic mass is 16.5. The van der Waals surface area contributed by atoms with Crippen LogP contribution < -0.4 is 10.1 Å². The molecule has 1 heterocycles. The first-order valence-corrected chi connectivity index (χ1v) is 6.51. The quantitative estimate of drug-likeness (QED) is 0.788. The van der Waals surface area contributed by atoms with Gasteiger partial charge in [-0.3, -0.25) is 4.98 Å². The van der Waals surface area contributed by atoms with Crippen molar-refractivity contribution in [2.24, 2.45) is 0 Å². The van der Waals surface area contributed by atoms with Gasteiger partial charge in [-0.05, 0) is 24.3 Å². The van der Waals surface area contributed by atoms with Crippen LogP contribution >= 0.6 is 0 Å². The molecule has 0 fully saturated rings. The van der Waals surface area contributed by atoms with E-state index in [1.807, 2.05) is 30.3 Å². The molecule has 0 aliphatic heterocycles. The second-order valence-electron chi connectivity index (χ2n) is 4.53. The molecule has 0 atom stereocenters. The smallest absolute Gasteiger partial charge is 0.121 e. The van der Waals surface area contributed by atoms with Gasteiger partial charge in [-0.15, -0.1) is 0 Å². The number of anilines is 2. The molecule has 1 aromatic heterocycles. The first-order chi connectivity index (χ1) is 10.3. The van der Waals surface area contributed by atoms with E-state index in [9.17, 15) is 5.26 Å². The highest BCUT2D eigenvalue weighted by molar-refractivity contribution is 5.92. The van der Waals surface area contributed by atoms with Crippen molar-refractivity contribution < 1.29 is 4.74 Å². The van der Waals surface area contributed by atoms with Crippen LogP contribution in [0.5, 0.6) is 5.75 Å². The van der Waals surface area contributed by atoms with Crippen molar-refractivity contribution in [2.45, 2.75) is 0 Å². The third kappa shape index (κ3) is 2.49. The van der Waals surface area contributed by atoms with Crippen LogP contribution in [0.15, 0.2) is 54.7 Å². The van der Waals surface area contributed by atoms with Crippen molar-refractivity contribution in [3.05, 3.63) is 60.3 Å². The monoisotopic (exact) mass is 275 g/mol. The molecular weight excluding hydrogens is 262 g/mol. The van der Waals surface area contributed by atoms with E-state index in [1.54, 1.807) is 31.5 Å². The van der Waals surface area contributed by atoms with Crippen LogP contribution in [0.25, 0.3) is 10.9 Å². The summed E-state index contributed by atoms with van der Waals surface area (Å²) >= 11 is 0. The molecule has 2 aromatic carbocycles. The van der Waals surface area contributed by atoms with Gasteiger partial charge in [-0.25, -0.2) is 0 Å². The zero-order valence-electron chi connectivity index (χ0n) is 11.5. The van der Waals surface area contributed by atoms with E-state index < -0.39 is 0 Å². The largest absolute Gasteiger partial charge is 0.497 e. The van der Waals surface area contributed by atoms with E-state index in [0.29, 0.717) is 17.0 Å². The van der Waals surface area contributed by atoms with Crippen molar-refractivity contribution in [3.63, 3.8) is 0 Å². The average molecular weight is 275 g/mol. The topological polar surface area (TPSA) is 57.9 Å². The first-order valence-electron chi connectivity index (χ1n) is 6.51. The number of nitrogens with one attached hydrogen (secondary N) is 1. The van der Waals surface area contributed by atoms with E-state index in [1.165, 1.54) is 0 Å². The van der Waals surface area contributed by atoms with Crippen LogP contribution in [0.1, 0.15) is 5.56 Å². The summed E-state index contributed by atoms with van der Waals surface area (Å²) < 4.78 is 5.21. The fraction of sp³-hybridized carbons (Fsp3) is 0.0588. The minimum atomic E-state index is 0.559. The highest BCUT2D eigenvalue weighted by Gasteiger charge is 2.07. The predicted molar refractivity (Wildman–Crippen MR) is 82.7 cm³/mol. The maximum Gasteiger partial charge on any atom is 0.121 e. The summed E-state index contributed by atoms with van der Waals surface area (Å²) in [5.74, 6) is 0.699. The second kappa shape index (κ2) is 5.51. The highest BCUT2D eigenvalue weighted by Crippen LogP contribution is 2.28. The molecule has 3 rings (SSSR count). The summed E-state index contributed by atoms with van der Waals surface area (Å²) in [6.07, 6.45) is 1.75. The Kier molecular flexibility index (Phi) is 3.40. The van der Waals surface area contributed by atoms with Crippen LogP contribution in [0.2, 0.25) is 0 Å². The Bertz CT molecular complexity index is 832. The number of hydrogen-bond donors (Lipinski definition) is 1. The van der Waals surface area contributed by atoms with Gasteiger partial charge in [0.2, 0.25) is 0 Å². The van der Waals surface area contributed by atoms with E-state index in [0.717, 1.165) is 16.6 Å². The Labute approximate surface area is 122 Å². The van der Waals surface area contributed by atoms with Crippen LogP contribution in [-0.2, 0) is 0 Å². The Balaban J connectivity index is 2.08. The van der Waals surface area contributed by atoms with Gasteiger partial charge in [0.05, 0.1) is 29.6 Å². The Hall–Kier alpha value is -3.06. The second-order valence-corrected chi connectivity index (χ2v) is 4.53. The molecule has 0 saturated heterocycles. The molecule has 0 radical (unpaired) electrons. The molecule has 102 valence electrons. The number of aromatic nitrogens is 1. The number of methoxy groups -OCH3 is 1. The third-order valence-electron chi connectivity index (χ3n) is 3.25. The maximum atomic E-state index is 9.23. The van der Waals surface area contributed by atoms with Crippen LogP contribution in [0, 0.1) is 11.3 Å². The van der Waals surface area contributed by atoms with Gasteiger partial charge >= 0.3 is 0 Å². The number of hydrogen-bond acceptors (Lipinski definition) is 4. The summed E-state index contributed by atoms with van der Waals surface area (Å²) in [5, 5.41) is 13.5. The number of fused-ring (bicyclic) bond motifs is 1. The number of nitriles is 1. The van der Waals surface area contributed by atoms with Crippen LogP contribution in [0.3, 0.4) is 0 Å². The molecular formula is C17H13N3O. The Morgan fingerprint density at radius 2 is 1.95 bits per heavy atom. The summed E-state index contributed by atoms with van der Waals surface area (Å²) in [5.41, 5.74) is 2.99. The standard InChI is InChI=1S/C17H13N3O/c1-21-14-8-7-13(11-18)16(10-14)20-15-6-2-4-12-5-3-9-19-17(12)15/h2-10,20H,1H3. The zero-order valence-corrected chi connectivity index (χ0v) is 11.5. The molecule has 0 aliphatic rings. The molecule has 4 heteroatoms. The maximum absolute atomic E-state index is 9.23. The molecule has 0 unspecified atom stereocenters. The minimum absolute atomic E-state index is 0.559. The summed E-state index contributed by atoms with van der Waals surface area (Å²) in [4.78, 5) is 4.40. The fourth-order valence-corrected chi connectivity index (χ4v) is 2.20. The number of nitrogens with zero attached hydrogens (tertiary/aromatic N) is 2. The van der Waals surface area contributed by atoms with Gasteiger partial charge < -0.3 is 10.1 Å². The van der Waals surface area contributed by atoms with Crippen molar-refractivity contribution in [2.75, 3.05) is 12.4 Å². The lowest BCUT2D eigenvalue weighted by molar-refractivity contribution is 0.415. The van der Waals surface area contributed by atoms with Gasteiger partial charge in [-0.1, -0.05) is 18.2 Å². The van der Waals surface area contributed by atoms with Gasteiger partial charge in [0.25, 0.3) is 0 Å². The lowest BCUT2D eigenvalue weighted by Gasteiger charge is -2.11. The molecule has 0 aliphatic carbocycles. The van der Waals surface area contributed by atoms with Crippen molar-refractivity contribution >= 4 is 22.3 Å². The normalized spacial score (nSPS) is 10.1. The number of pyridine rings is 1. The lowest BCUT2D eigenvalue weighted by atomic mass is 10.1. The van der Waals surface area contributed by atoms with Crippen molar-refractivity contribution in [3.8, 4) is 11.8 Å². The Morgan fingerprint density at radius 1 is 1.10 bits per heavy atom. The predicted octanol–water partition coefficient (Wildman–Crippen LogP) is 3.86. The van der Waals surface area contributed by atoms with E-state index >= 15 is 0 Å². The fourth-order valence-electron chi connectivity index (χ4n) is 2.20. The van der Waals surface area contributed by atoms with Gasteiger partial charge in [0, 0.05) is 17.6 Å². The lowest BCUT2D eigenvalue weighted by Crippen LogP contribution is -1.96. The Morgan fingerprint density at radius 3 is 2.76 bits per heavy atom. The molecule has 0 amide bonds. The number of ether oxygens (including phenoxy) is 1. The van der Waals surface area contributed by atoms with Crippen molar-refractivity contribution in [1.29, 1.82) is 5.26 Å². The summed E-state index contributed by atoms with van der Waals surface area (Å²) in [6.45, 7) is 0. The van der Waals surface area contributed by atoms with Gasteiger partial charge in [0.15, 0.2) is 0 Å². The molecule has 0 spiro atoms.